The third kappa shape index (κ3) is 1.79. The second kappa shape index (κ2) is 4.27. The molecule has 1 amide bonds. The number of amides is 1. The van der Waals surface area contributed by atoms with Crippen molar-refractivity contribution in [1.82, 2.24) is 5.32 Å². The Morgan fingerprint density at radius 2 is 2.10 bits per heavy atom. The molecular weight excluding hydrogens is 254 g/mol. The van der Waals surface area contributed by atoms with Crippen LogP contribution in [0.4, 0.5) is 0 Å². The zero-order chi connectivity index (χ0) is 14.5. The van der Waals surface area contributed by atoms with Crippen molar-refractivity contribution in [2.75, 3.05) is 7.11 Å². The van der Waals surface area contributed by atoms with Crippen molar-refractivity contribution in [2.24, 2.45) is 5.92 Å². The monoisotopic (exact) mass is 273 g/mol. The van der Waals surface area contributed by atoms with Crippen molar-refractivity contribution >= 4 is 11.5 Å². The van der Waals surface area contributed by atoms with E-state index in [2.05, 4.69) is 5.32 Å². The Hall–Kier alpha value is -1.97. The fourth-order valence-corrected chi connectivity index (χ4v) is 2.97. The smallest absolute Gasteiger partial charge is 0.256 e. The van der Waals surface area contributed by atoms with Gasteiger partial charge in [-0.3, -0.25) is 4.79 Å². The van der Waals surface area contributed by atoms with E-state index in [-0.39, 0.29) is 11.7 Å². The molecule has 1 aromatic rings. The number of aliphatic hydroxyl groups excluding tert-OH is 1. The minimum Gasteiger partial charge on any atom is -0.509 e. The Morgan fingerprint density at radius 1 is 1.40 bits per heavy atom. The molecule has 0 spiro atoms. The summed E-state index contributed by atoms with van der Waals surface area (Å²) >= 11 is 0. The predicted molar refractivity (Wildman–Crippen MR) is 76.6 cm³/mol. The van der Waals surface area contributed by atoms with Crippen LogP contribution in [0, 0.1) is 12.8 Å². The van der Waals surface area contributed by atoms with Crippen LogP contribution in [0.1, 0.15) is 30.9 Å². The fraction of sp³-hybridized carbons (Fsp3) is 0.438. The molecule has 2 aliphatic rings. The molecule has 0 saturated heterocycles. The molecule has 1 aromatic carbocycles. The van der Waals surface area contributed by atoms with Gasteiger partial charge in [-0.05, 0) is 55.9 Å². The number of nitrogens with one attached hydrogen (secondary N) is 1. The molecule has 4 nitrogen and oxygen atoms in total. The van der Waals surface area contributed by atoms with Crippen LogP contribution >= 0.6 is 0 Å². The first kappa shape index (κ1) is 13.0. The van der Waals surface area contributed by atoms with Gasteiger partial charge in [0, 0.05) is 0 Å². The van der Waals surface area contributed by atoms with Gasteiger partial charge in [0.1, 0.15) is 11.5 Å². The molecule has 1 heterocycles. The van der Waals surface area contributed by atoms with Gasteiger partial charge in [0.2, 0.25) is 0 Å². The summed E-state index contributed by atoms with van der Waals surface area (Å²) in [6.45, 7) is 3.82. The average Bonchev–Trinajstić information content (AvgIpc) is 3.22. The van der Waals surface area contributed by atoms with Crippen LogP contribution in [0.15, 0.2) is 24.0 Å². The second-order valence-corrected chi connectivity index (χ2v) is 5.84. The van der Waals surface area contributed by atoms with Crippen LogP contribution < -0.4 is 10.1 Å². The molecule has 1 aliphatic heterocycles. The van der Waals surface area contributed by atoms with Crippen molar-refractivity contribution in [2.45, 2.75) is 32.2 Å². The lowest BCUT2D eigenvalue weighted by atomic mass is 9.91. The lowest BCUT2D eigenvalue weighted by Crippen LogP contribution is -2.43. The first-order chi connectivity index (χ1) is 9.47. The van der Waals surface area contributed by atoms with Gasteiger partial charge in [-0.15, -0.1) is 0 Å². The van der Waals surface area contributed by atoms with E-state index >= 15 is 0 Å². The lowest BCUT2D eigenvalue weighted by Gasteiger charge is -2.24. The Balaban J connectivity index is 2.08. The third-order valence-corrected chi connectivity index (χ3v) is 4.43. The van der Waals surface area contributed by atoms with E-state index < -0.39 is 5.54 Å². The number of carbonyl (C=O) groups excluding carboxylic acids is 1. The first-order valence-electron chi connectivity index (χ1n) is 6.88. The highest BCUT2D eigenvalue weighted by molar-refractivity contribution is 6.23. The maximum atomic E-state index is 12.3. The standard InChI is InChI=1S/C16H19NO3/c1-9-8-11(20-3)6-7-12(9)13-14(18)16(2,10-4-5-10)17-15(13)19/h6-8,10,18H,4-5H2,1-3H3,(H,17,19). The summed E-state index contributed by atoms with van der Waals surface area (Å²) in [4.78, 5) is 12.3. The van der Waals surface area contributed by atoms with Crippen LogP contribution in [-0.4, -0.2) is 23.7 Å². The van der Waals surface area contributed by atoms with E-state index in [1.807, 2.05) is 32.0 Å². The average molecular weight is 273 g/mol. The van der Waals surface area contributed by atoms with Crippen LogP contribution in [-0.2, 0) is 4.79 Å². The molecule has 0 radical (unpaired) electrons. The normalized spacial score (nSPS) is 25.9. The first-order valence-corrected chi connectivity index (χ1v) is 6.88. The van der Waals surface area contributed by atoms with E-state index in [1.54, 1.807) is 7.11 Å². The van der Waals surface area contributed by atoms with Crippen LogP contribution in [0.2, 0.25) is 0 Å². The fourth-order valence-electron chi connectivity index (χ4n) is 2.97. The number of benzene rings is 1. The number of rotatable bonds is 3. The SMILES string of the molecule is COc1ccc(C2=C(O)C(C)(C3CC3)NC2=O)c(C)c1. The molecule has 106 valence electrons. The minimum atomic E-state index is -0.598. The Kier molecular flexibility index (Phi) is 2.78. The molecule has 1 aliphatic carbocycles. The van der Waals surface area contributed by atoms with Gasteiger partial charge in [0.05, 0.1) is 18.2 Å². The highest BCUT2D eigenvalue weighted by Gasteiger charge is 2.51. The molecule has 20 heavy (non-hydrogen) atoms. The van der Waals surface area contributed by atoms with Gasteiger partial charge in [-0.25, -0.2) is 0 Å². The number of aliphatic hydroxyl groups is 1. The summed E-state index contributed by atoms with van der Waals surface area (Å²) in [5, 5.41) is 13.5. The lowest BCUT2D eigenvalue weighted by molar-refractivity contribution is -0.116. The van der Waals surface area contributed by atoms with E-state index in [1.165, 1.54) is 0 Å². The zero-order valence-electron chi connectivity index (χ0n) is 12.0. The van der Waals surface area contributed by atoms with Crippen molar-refractivity contribution in [1.29, 1.82) is 0 Å². The molecule has 0 bridgehead atoms. The molecular formula is C16H19NO3. The summed E-state index contributed by atoms with van der Waals surface area (Å²) in [5.41, 5.74) is 1.49. The highest BCUT2D eigenvalue weighted by atomic mass is 16.5. The summed E-state index contributed by atoms with van der Waals surface area (Å²) in [5.74, 6) is 1.08. The van der Waals surface area contributed by atoms with Gasteiger partial charge in [-0.2, -0.15) is 0 Å². The number of carbonyl (C=O) groups is 1. The maximum absolute atomic E-state index is 12.3. The van der Waals surface area contributed by atoms with Crippen molar-refractivity contribution < 1.29 is 14.6 Å². The highest BCUT2D eigenvalue weighted by Crippen LogP contribution is 2.47. The minimum absolute atomic E-state index is 0.179. The number of ether oxygens (including phenoxy) is 1. The maximum Gasteiger partial charge on any atom is 0.256 e. The topological polar surface area (TPSA) is 58.6 Å². The van der Waals surface area contributed by atoms with E-state index in [0.717, 1.165) is 29.7 Å². The number of aryl methyl sites for hydroxylation is 1. The van der Waals surface area contributed by atoms with Gasteiger partial charge in [0.25, 0.3) is 5.91 Å². The molecule has 1 fully saturated rings. The number of methoxy groups -OCH3 is 1. The Labute approximate surface area is 118 Å². The summed E-state index contributed by atoms with van der Waals surface area (Å²) < 4.78 is 5.18. The molecule has 1 unspecified atom stereocenters. The van der Waals surface area contributed by atoms with Gasteiger partial charge < -0.3 is 15.2 Å². The predicted octanol–water partition coefficient (Wildman–Crippen LogP) is 2.57. The molecule has 4 heteroatoms. The van der Waals surface area contributed by atoms with Crippen LogP contribution in [0.25, 0.3) is 5.57 Å². The van der Waals surface area contributed by atoms with E-state index in [0.29, 0.717) is 11.5 Å². The van der Waals surface area contributed by atoms with Crippen molar-refractivity contribution in [3.05, 3.63) is 35.1 Å². The summed E-state index contributed by atoms with van der Waals surface area (Å²) in [7, 11) is 1.61. The van der Waals surface area contributed by atoms with Gasteiger partial charge in [-0.1, -0.05) is 6.07 Å². The molecule has 0 aromatic heterocycles. The Morgan fingerprint density at radius 3 is 2.65 bits per heavy atom. The number of hydrogen-bond acceptors (Lipinski definition) is 3. The van der Waals surface area contributed by atoms with E-state index in [9.17, 15) is 9.90 Å². The summed E-state index contributed by atoms with van der Waals surface area (Å²) in [6, 6.07) is 5.51. The van der Waals surface area contributed by atoms with Crippen molar-refractivity contribution in [3.63, 3.8) is 0 Å². The molecule has 3 rings (SSSR count). The number of hydrogen-bond donors (Lipinski definition) is 2. The zero-order valence-corrected chi connectivity index (χ0v) is 12.0. The quantitative estimate of drug-likeness (QED) is 0.890. The van der Waals surface area contributed by atoms with Gasteiger partial charge in [0.15, 0.2) is 0 Å². The van der Waals surface area contributed by atoms with Crippen LogP contribution in [0.5, 0.6) is 5.75 Å². The van der Waals surface area contributed by atoms with Crippen LogP contribution in [0.3, 0.4) is 0 Å². The molecule has 1 saturated carbocycles. The molecule has 2 N–H and O–H groups in total. The van der Waals surface area contributed by atoms with E-state index in [4.69, 9.17) is 4.74 Å². The van der Waals surface area contributed by atoms with Crippen molar-refractivity contribution in [3.8, 4) is 5.75 Å². The largest absolute Gasteiger partial charge is 0.509 e. The Bertz CT molecular complexity index is 616. The second-order valence-electron chi connectivity index (χ2n) is 5.84. The summed E-state index contributed by atoms with van der Waals surface area (Å²) in [6.07, 6.45) is 2.10. The third-order valence-electron chi connectivity index (χ3n) is 4.43. The molecule has 1 atom stereocenters. The van der Waals surface area contributed by atoms with Gasteiger partial charge >= 0.3 is 0 Å².